The highest BCUT2D eigenvalue weighted by atomic mass is 19.3. The molecule has 0 bridgehead atoms. The Morgan fingerprint density at radius 1 is 1.20 bits per heavy atom. The summed E-state index contributed by atoms with van der Waals surface area (Å²) in [5, 5.41) is 0. The van der Waals surface area contributed by atoms with Crippen LogP contribution in [0, 0.1) is 11.7 Å². The molecule has 0 radical (unpaired) electrons. The first-order chi connectivity index (χ1) is 11.8. The zero-order valence-electron chi connectivity index (χ0n) is 13.8. The largest absolute Gasteiger partial charge is 0.461 e. The monoisotopic (exact) mass is 368 g/mol. The number of rotatable bonds is 8. The van der Waals surface area contributed by atoms with E-state index in [2.05, 4.69) is 11.7 Å². The summed E-state index contributed by atoms with van der Waals surface area (Å²) in [5.74, 6) is -1.65. The maximum absolute atomic E-state index is 13.8. The van der Waals surface area contributed by atoms with Crippen molar-refractivity contribution < 1.29 is 36.2 Å². The van der Waals surface area contributed by atoms with Crippen molar-refractivity contribution in [2.24, 2.45) is 5.92 Å². The number of alkyl halides is 4. The molecule has 1 aromatic rings. The van der Waals surface area contributed by atoms with Crippen molar-refractivity contribution in [3.8, 4) is 5.75 Å². The number of hydrogen-bond donors (Lipinski definition) is 0. The average molecular weight is 368 g/mol. The molecule has 142 valence electrons. The summed E-state index contributed by atoms with van der Waals surface area (Å²) >= 11 is 0. The predicted molar refractivity (Wildman–Crippen MR) is 80.4 cm³/mol. The van der Waals surface area contributed by atoms with Crippen molar-refractivity contribution in [1.29, 1.82) is 0 Å². The van der Waals surface area contributed by atoms with Gasteiger partial charge in [0.15, 0.2) is 17.9 Å². The molecule has 0 unspecified atom stereocenters. The number of aryl methyl sites for hydroxylation is 1. The first-order valence-electron chi connectivity index (χ1n) is 8.18. The molecule has 1 aliphatic rings. The number of hydrogen-bond acceptors (Lipinski definition) is 3. The van der Waals surface area contributed by atoms with Crippen LogP contribution >= 0.6 is 0 Å². The fourth-order valence-electron chi connectivity index (χ4n) is 2.58. The molecule has 1 aromatic carbocycles. The number of halogens is 5. The number of ether oxygens (including phenoxy) is 3. The fraction of sp³-hybridized carbons (Fsp3) is 0.647. The molecule has 3 nitrogen and oxygen atoms in total. The van der Waals surface area contributed by atoms with Crippen LogP contribution < -0.4 is 4.74 Å². The smallest absolute Gasteiger partial charge is 0.425 e. The zero-order chi connectivity index (χ0) is 18.4. The highest BCUT2D eigenvalue weighted by Crippen LogP contribution is 2.30. The third-order valence-electron chi connectivity index (χ3n) is 3.90. The van der Waals surface area contributed by atoms with Crippen LogP contribution in [-0.4, -0.2) is 32.0 Å². The van der Waals surface area contributed by atoms with E-state index in [1.807, 2.05) is 0 Å². The Morgan fingerprint density at radius 3 is 2.44 bits per heavy atom. The van der Waals surface area contributed by atoms with E-state index in [4.69, 9.17) is 9.47 Å². The van der Waals surface area contributed by atoms with Gasteiger partial charge >= 0.3 is 12.5 Å². The Morgan fingerprint density at radius 2 is 1.88 bits per heavy atom. The molecule has 25 heavy (non-hydrogen) atoms. The summed E-state index contributed by atoms with van der Waals surface area (Å²) < 4.78 is 78.5. The zero-order valence-corrected chi connectivity index (χ0v) is 13.8. The topological polar surface area (TPSA) is 27.7 Å². The van der Waals surface area contributed by atoms with Crippen LogP contribution in [-0.2, 0) is 15.9 Å². The van der Waals surface area contributed by atoms with Gasteiger partial charge in [0.25, 0.3) is 0 Å². The lowest BCUT2D eigenvalue weighted by molar-refractivity contribution is -0.254. The molecular formula is C17H21F5O3. The first kappa shape index (κ1) is 19.9. The van der Waals surface area contributed by atoms with Crippen LogP contribution in [0.4, 0.5) is 22.0 Å². The Bertz CT molecular complexity index is 545. The maximum Gasteiger partial charge on any atom is 0.461 e. The Hall–Kier alpha value is -1.41. The van der Waals surface area contributed by atoms with Gasteiger partial charge in [0.05, 0.1) is 13.2 Å². The van der Waals surface area contributed by atoms with Gasteiger partial charge in [0, 0.05) is 12.3 Å². The molecule has 0 amide bonds. The van der Waals surface area contributed by atoms with Crippen molar-refractivity contribution in [3.63, 3.8) is 0 Å². The molecule has 0 N–H and O–H groups in total. The normalized spacial score (nSPS) is 21.6. The molecule has 0 aliphatic carbocycles. The van der Waals surface area contributed by atoms with Crippen molar-refractivity contribution in [2.75, 3.05) is 13.2 Å². The van der Waals surface area contributed by atoms with E-state index < -0.39 is 30.4 Å². The van der Waals surface area contributed by atoms with Crippen LogP contribution in [0.2, 0.25) is 0 Å². The van der Waals surface area contributed by atoms with Gasteiger partial charge in [-0.1, -0.05) is 19.4 Å². The maximum atomic E-state index is 13.8. The first-order valence-corrected chi connectivity index (χ1v) is 8.18. The summed E-state index contributed by atoms with van der Waals surface area (Å²) in [6.45, 7) is 3.32. The van der Waals surface area contributed by atoms with E-state index in [0.29, 0.717) is 37.5 Å². The second-order valence-corrected chi connectivity index (χ2v) is 6.02. The molecule has 0 saturated carbocycles. The van der Waals surface area contributed by atoms with E-state index >= 15 is 0 Å². The third kappa shape index (κ3) is 5.81. The van der Waals surface area contributed by atoms with Crippen LogP contribution in [0.5, 0.6) is 5.75 Å². The fourth-order valence-corrected chi connectivity index (χ4v) is 2.58. The lowest BCUT2D eigenvalue weighted by Crippen LogP contribution is -2.33. The molecular weight excluding hydrogens is 347 g/mol. The van der Waals surface area contributed by atoms with Gasteiger partial charge in [-0.3, -0.25) is 0 Å². The van der Waals surface area contributed by atoms with Gasteiger partial charge in [0.1, 0.15) is 0 Å². The van der Waals surface area contributed by atoms with Crippen molar-refractivity contribution in [1.82, 2.24) is 0 Å². The summed E-state index contributed by atoms with van der Waals surface area (Å²) in [6, 6.07) is 3.25. The van der Waals surface area contributed by atoms with Gasteiger partial charge < -0.3 is 14.2 Å². The lowest BCUT2D eigenvalue weighted by atomic mass is 10.0. The average Bonchev–Trinajstić information content (AvgIpc) is 2.56. The second kappa shape index (κ2) is 8.80. The van der Waals surface area contributed by atoms with E-state index in [1.54, 1.807) is 0 Å². The molecule has 1 aliphatic heterocycles. The van der Waals surface area contributed by atoms with E-state index in [0.717, 1.165) is 25.0 Å². The van der Waals surface area contributed by atoms with Crippen LogP contribution in [0.25, 0.3) is 0 Å². The third-order valence-corrected chi connectivity index (χ3v) is 3.90. The minimum absolute atomic E-state index is 0.381. The molecule has 1 heterocycles. The molecule has 0 spiro atoms. The quantitative estimate of drug-likeness (QED) is 0.618. The minimum Gasteiger partial charge on any atom is -0.425 e. The highest BCUT2D eigenvalue weighted by molar-refractivity contribution is 5.29. The highest BCUT2D eigenvalue weighted by Gasteiger charge is 2.44. The summed E-state index contributed by atoms with van der Waals surface area (Å²) in [5.41, 5.74) is 0.507. The van der Waals surface area contributed by atoms with E-state index in [1.165, 1.54) is 6.07 Å². The van der Waals surface area contributed by atoms with E-state index in [9.17, 15) is 22.0 Å². The second-order valence-electron chi connectivity index (χ2n) is 6.02. The van der Waals surface area contributed by atoms with Gasteiger partial charge in [-0.2, -0.15) is 17.6 Å². The van der Waals surface area contributed by atoms with Crippen LogP contribution in [0.15, 0.2) is 18.2 Å². The van der Waals surface area contributed by atoms with Crippen molar-refractivity contribution >= 4 is 0 Å². The van der Waals surface area contributed by atoms with Gasteiger partial charge in [-0.15, -0.1) is 0 Å². The van der Waals surface area contributed by atoms with Crippen LogP contribution in [0.1, 0.15) is 31.7 Å². The molecule has 2 rings (SSSR count). The van der Waals surface area contributed by atoms with Gasteiger partial charge in [-0.05, 0) is 30.5 Å². The molecule has 1 fully saturated rings. The van der Waals surface area contributed by atoms with Crippen molar-refractivity contribution in [2.45, 2.75) is 51.4 Å². The molecule has 0 atom stereocenters. The number of benzene rings is 1. The van der Waals surface area contributed by atoms with Crippen molar-refractivity contribution in [3.05, 3.63) is 29.6 Å². The van der Waals surface area contributed by atoms with E-state index in [-0.39, 0.29) is 0 Å². The predicted octanol–water partition coefficient (Wildman–Crippen LogP) is 4.78. The minimum atomic E-state index is -4.73. The molecule has 1 saturated heterocycles. The lowest BCUT2D eigenvalue weighted by Gasteiger charge is -2.29. The standard InChI is InChI=1S/C17H21F5O3/c1-2-3-12-9-23-15(24-10-12)7-5-11-4-6-14(13(18)8-11)25-17(21,22)16(19)20/h4,6,8,12,15-16H,2-3,5,7,9-10H2,1H3. The molecule has 0 aromatic heterocycles. The summed E-state index contributed by atoms with van der Waals surface area (Å²) in [4.78, 5) is 0. The molecule has 8 heteroatoms. The SMILES string of the molecule is CCCC1COC(CCc2ccc(OC(F)(F)C(F)F)c(F)c2)OC1. The van der Waals surface area contributed by atoms with Gasteiger partial charge in [0.2, 0.25) is 0 Å². The Kier molecular flexibility index (Phi) is 7.01. The summed E-state index contributed by atoms with van der Waals surface area (Å²) in [6.07, 6.45) is -6.21. The summed E-state index contributed by atoms with van der Waals surface area (Å²) in [7, 11) is 0. The Balaban J connectivity index is 1.85. The van der Waals surface area contributed by atoms with Gasteiger partial charge in [-0.25, -0.2) is 4.39 Å². The van der Waals surface area contributed by atoms with Crippen LogP contribution in [0.3, 0.4) is 0 Å². The Labute approximate surface area is 143 Å².